The fraction of sp³-hybridized carbons (Fsp3) is 0.333. The van der Waals surface area contributed by atoms with Crippen molar-refractivity contribution in [3.8, 4) is 0 Å². The predicted octanol–water partition coefficient (Wildman–Crippen LogP) is 1.46. The molecule has 0 aromatic heterocycles. The third kappa shape index (κ3) is 5.79. The molecule has 0 fully saturated rings. The van der Waals surface area contributed by atoms with Crippen molar-refractivity contribution >= 4 is 27.8 Å². The third-order valence-corrected chi connectivity index (χ3v) is 5.21. The number of hydrogen-bond donors (Lipinski definition) is 0. The van der Waals surface area contributed by atoms with Gasteiger partial charge in [-0.3, -0.25) is 0 Å². The fourth-order valence-corrected chi connectivity index (χ4v) is 3.91. The Kier molecular flexibility index (Phi) is 6.24. The van der Waals surface area contributed by atoms with Gasteiger partial charge in [-0.15, -0.1) is 0 Å². The van der Waals surface area contributed by atoms with Gasteiger partial charge in [-0.25, -0.2) is 0 Å². The lowest BCUT2D eigenvalue weighted by atomic mass is 10.2. The first kappa shape index (κ1) is 16.5. The SMILES string of the molecule is CN(C)Cc1cc[c]([Mg][c]2ccc(CN(C)C)cc2)cc1. The summed E-state index contributed by atoms with van der Waals surface area (Å²) in [6.07, 6.45) is 0. The lowest BCUT2D eigenvalue weighted by molar-refractivity contribution is 0.402. The topological polar surface area (TPSA) is 6.48 Å². The zero-order valence-electron chi connectivity index (χ0n) is 13.6. The maximum atomic E-state index is 2.30. The highest BCUT2D eigenvalue weighted by Crippen LogP contribution is 2.01. The normalized spacial score (nSPS) is 11.0. The van der Waals surface area contributed by atoms with E-state index in [1.165, 1.54) is 18.5 Å². The van der Waals surface area contributed by atoms with E-state index in [1.807, 2.05) is 0 Å². The molecule has 2 rings (SSSR count). The van der Waals surface area contributed by atoms with Crippen molar-refractivity contribution in [3.63, 3.8) is 0 Å². The van der Waals surface area contributed by atoms with Crippen LogP contribution in [0.4, 0.5) is 0 Å². The van der Waals surface area contributed by atoms with Crippen molar-refractivity contribution < 1.29 is 0 Å². The Hall–Kier alpha value is -0.874. The molecule has 0 N–H and O–H groups in total. The summed E-state index contributed by atoms with van der Waals surface area (Å²) in [4.78, 5) is 4.41. The molecule has 0 radical (unpaired) electrons. The molecule has 0 atom stereocenters. The highest BCUT2D eigenvalue weighted by molar-refractivity contribution is 6.67. The van der Waals surface area contributed by atoms with Crippen molar-refractivity contribution in [2.75, 3.05) is 28.2 Å². The van der Waals surface area contributed by atoms with Crippen molar-refractivity contribution in [2.45, 2.75) is 13.1 Å². The van der Waals surface area contributed by atoms with Gasteiger partial charge in [0.25, 0.3) is 0 Å². The van der Waals surface area contributed by atoms with Crippen LogP contribution in [0.3, 0.4) is 0 Å². The molecule has 0 amide bonds. The van der Waals surface area contributed by atoms with Crippen LogP contribution >= 0.6 is 0 Å². The van der Waals surface area contributed by atoms with E-state index in [0.29, 0.717) is 0 Å². The van der Waals surface area contributed by atoms with Crippen LogP contribution in [0.25, 0.3) is 0 Å². The Morgan fingerprint density at radius 1 is 0.619 bits per heavy atom. The summed E-state index contributed by atoms with van der Waals surface area (Å²) in [6.45, 7) is 2.03. The maximum Gasteiger partial charge on any atom is 0.450 e. The van der Waals surface area contributed by atoms with Crippen LogP contribution in [0, 0.1) is 0 Å². The van der Waals surface area contributed by atoms with E-state index >= 15 is 0 Å². The second-order valence-corrected chi connectivity index (χ2v) is 8.27. The summed E-state index contributed by atoms with van der Waals surface area (Å²) >= 11 is -0.347. The molecule has 0 heterocycles. The molecule has 0 saturated heterocycles. The van der Waals surface area contributed by atoms with Crippen molar-refractivity contribution in [1.82, 2.24) is 9.80 Å². The standard InChI is InChI=1S/2C9H12N.Mg/c2*1-10(2)8-9-6-4-3-5-7-9;/h2*4-7H,8H2,1-2H3;. The molecule has 0 aliphatic rings. The Bertz CT molecular complexity index is 493. The van der Waals surface area contributed by atoms with Gasteiger partial charge in [0.1, 0.15) is 0 Å². The molecule has 0 aliphatic carbocycles. The molecule has 21 heavy (non-hydrogen) atoms. The van der Waals surface area contributed by atoms with Crippen molar-refractivity contribution in [3.05, 3.63) is 59.7 Å². The van der Waals surface area contributed by atoms with Gasteiger partial charge in [0.05, 0.1) is 0 Å². The fourth-order valence-electron chi connectivity index (χ4n) is 2.49. The molecule has 2 nitrogen and oxygen atoms in total. The van der Waals surface area contributed by atoms with Gasteiger partial charge in [-0.1, -0.05) is 48.5 Å². The van der Waals surface area contributed by atoms with Crippen LogP contribution in [-0.2, 0) is 13.1 Å². The Balaban J connectivity index is 1.97. The summed E-state index contributed by atoms with van der Waals surface area (Å²) in [7, 11) is 8.44. The second-order valence-electron chi connectivity index (χ2n) is 6.29. The van der Waals surface area contributed by atoms with Gasteiger partial charge >= 0.3 is 20.4 Å². The van der Waals surface area contributed by atoms with E-state index in [-0.39, 0.29) is 20.4 Å². The van der Waals surface area contributed by atoms with E-state index in [9.17, 15) is 0 Å². The minimum absolute atomic E-state index is 0.347. The summed E-state index contributed by atoms with van der Waals surface area (Å²) in [6, 6.07) is 18.3. The molecular weight excluding hydrogens is 269 g/mol. The van der Waals surface area contributed by atoms with Gasteiger partial charge in [0.15, 0.2) is 0 Å². The monoisotopic (exact) mass is 292 g/mol. The first-order valence-corrected chi connectivity index (χ1v) is 8.89. The van der Waals surface area contributed by atoms with Gasteiger partial charge in [-0.05, 0) is 39.3 Å². The molecule has 0 unspecified atom stereocenters. The number of nitrogens with zero attached hydrogens (tertiary/aromatic N) is 2. The van der Waals surface area contributed by atoms with Crippen LogP contribution in [0.5, 0.6) is 0 Å². The first-order chi connectivity index (χ1) is 10.0. The lowest BCUT2D eigenvalue weighted by Crippen LogP contribution is -2.27. The van der Waals surface area contributed by atoms with Crippen LogP contribution in [0.15, 0.2) is 48.5 Å². The third-order valence-electron chi connectivity index (χ3n) is 3.45. The quantitative estimate of drug-likeness (QED) is 0.744. The number of hydrogen-bond acceptors (Lipinski definition) is 2. The van der Waals surface area contributed by atoms with E-state index in [0.717, 1.165) is 13.1 Å². The molecular formula is C18H24MgN2. The summed E-state index contributed by atoms with van der Waals surface area (Å²) in [5, 5.41) is 0. The number of rotatable bonds is 6. The van der Waals surface area contributed by atoms with Crippen molar-refractivity contribution in [2.24, 2.45) is 0 Å². The Morgan fingerprint density at radius 2 is 0.952 bits per heavy atom. The smallest absolute Gasteiger partial charge is 0.305 e. The van der Waals surface area contributed by atoms with Crippen molar-refractivity contribution in [1.29, 1.82) is 0 Å². The van der Waals surface area contributed by atoms with Gasteiger partial charge < -0.3 is 9.80 Å². The summed E-state index contributed by atoms with van der Waals surface area (Å²) < 4.78 is 3.02. The van der Waals surface area contributed by atoms with E-state index in [4.69, 9.17) is 0 Å². The minimum atomic E-state index is -0.347. The molecule has 3 heteroatoms. The number of benzene rings is 2. The highest BCUT2D eigenvalue weighted by Gasteiger charge is 2.04. The molecule has 2 aromatic carbocycles. The Morgan fingerprint density at radius 3 is 1.24 bits per heavy atom. The average molecular weight is 293 g/mol. The van der Waals surface area contributed by atoms with Crippen LogP contribution in [0.2, 0.25) is 0 Å². The van der Waals surface area contributed by atoms with Crippen LogP contribution < -0.4 is 7.39 Å². The van der Waals surface area contributed by atoms with Gasteiger partial charge in [0.2, 0.25) is 0 Å². The maximum absolute atomic E-state index is 2.30. The molecule has 2 aromatic rings. The first-order valence-electron chi connectivity index (χ1n) is 7.48. The summed E-state index contributed by atoms with van der Waals surface area (Å²) in [5.41, 5.74) is 2.78. The van der Waals surface area contributed by atoms with Crippen LogP contribution in [0.1, 0.15) is 11.1 Å². The molecule has 0 aliphatic heterocycles. The minimum Gasteiger partial charge on any atom is -0.305 e. The van der Waals surface area contributed by atoms with Crippen LogP contribution in [-0.4, -0.2) is 58.4 Å². The largest absolute Gasteiger partial charge is 0.450 e. The highest BCUT2D eigenvalue weighted by atomic mass is 24.5. The molecule has 0 spiro atoms. The van der Waals surface area contributed by atoms with Gasteiger partial charge in [-0.2, -0.15) is 7.39 Å². The second kappa shape index (κ2) is 7.94. The predicted molar refractivity (Wildman–Crippen MR) is 92.7 cm³/mol. The van der Waals surface area contributed by atoms with E-state index in [1.54, 1.807) is 0 Å². The Labute approximate surface area is 138 Å². The molecule has 108 valence electrons. The zero-order chi connectivity index (χ0) is 15.2. The summed E-state index contributed by atoms with van der Waals surface area (Å²) in [5.74, 6) is 0. The zero-order valence-corrected chi connectivity index (χ0v) is 15.0. The lowest BCUT2D eigenvalue weighted by Gasteiger charge is -2.11. The van der Waals surface area contributed by atoms with E-state index < -0.39 is 0 Å². The van der Waals surface area contributed by atoms with Gasteiger partial charge in [0, 0.05) is 13.1 Å². The molecule has 0 saturated carbocycles. The van der Waals surface area contributed by atoms with E-state index in [2.05, 4.69) is 86.5 Å². The molecule has 0 bridgehead atoms. The average Bonchev–Trinajstić information content (AvgIpc) is 2.42.